The number of fused-ring (bicyclic) bond motifs is 1. The minimum absolute atomic E-state index is 0. The summed E-state index contributed by atoms with van der Waals surface area (Å²) in [6.45, 7) is 2.13. The average molecular weight is 725 g/mol. The molecule has 1 amide bonds. The zero-order valence-corrected chi connectivity index (χ0v) is 25.4. The van der Waals surface area contributed by atoms with Crippen LogP contribution in [-0.2, 0) is 15.7 Å². The molecule has 0 atom stereocenters. The molecule has 0 spiro atoms. The van der Waals surface area contributed by atoms with Gasteiger partial charge in [0.15, 0.2) is 0 Å². The van der Waals surface area contributed by atoms with Crippen molar-refractivity contribution in [2.45, 2.75) is 0 Å². The summed E-state index contributed by atoms with van der Waals surface area (Å²) in [5.74, 6) is 1.25. The Kier molecular flexibility index (Phi) is 10.7. The van der Waals surface area contributed by atoms with Crippen LogP contribution < -0.4 is 34.2 Å². The fourth-order valence-electron chi connectivity index (χ4n) is 4.25. The van der Waals surface area contributed by atoms with Gasteiger partial charge < -0.3 is 38.6 Å². The Morgan fingerprint density at radius 3 is 2.19 bits per heavy atom. The van der Waals surface area contributed by atoms with Crippen molar-refractivity contribution < 1.29 is 33.6 Å². The number of hydrogen-bond donors (Lipinski definition) is 1. The Morgan fingerprint density at radius 2 is 1.53 bits per heavy atom. The van der Waals surface area contributed by atoms with Crippen LogP contribution in [0.4, 0.5) is 11.4 Å². The predicted molar refractivity (Wildman–Crippen MR) is 157 cm³/mol. The molecule has 2 aromatic heterocycles. The molecule has 188 valence electrons. The summed E-state index contributed by atoms with van der Waals surface area (Å²) in [6.07, 6.45) is 4.14. The number of ketones is 1. The van der Waals surface area contributed by atoms with E-state index < -0.39 is 11.7 Å². The van der Waals surface area contributed by atoms with Crippen molar-refractivity contribution in [2.75, 3.05) is 46.0 Å². The molecule has 0 aliphatic carbocycles. The Labute approximate surface area is 246 Å². The predicted octanol–water partition coefficient (Wildman–Crippen LogP) is 2.55. The second-order valence-corrected chi connectivity index (χ2v) is 10.7. The molecule has 0 radical (unpaired) electrons. The largest absolute Gasteiger partial charge is 1.00 e. The number of nitrogens with one attached hydrogen (secondary N) is 1. The third-order valence-electron chi connectivity index (χ3n) is 6.10. The molecule has 36 heavy (non-hydrogen) atoms. The van der Waals surface area contributed by atoms with Gasteiger partial charge in [0.2, 0.25) is 0 Å². The number of Topliss-reactive ketones (excluding diaryl/α,β-unsaturated/α-hetero) is 1. The van der Waals surface area contributed by atoms with E-state index in [1.165, 1.54) is 11.5 Å². The van der Waals surface area contributed by atoms with Crippen molar-refractivity contribution in [3.05, 3.63) is 90.8 Å². The van der Waals surface area contributed by atoms with E-state index in [0.29, 0.717) is 22.3 Å². The Hall–Kier alpha value is -2.05. The molecule has 2 aromatic carbocycles. The van der Waals surface area contributed by atoms with E-state index in [1.54, 1.807) is 4.40 Å². The molecule has 0 bridgehead atoms. The van der Waals surface area contributed by atoms with E-state index in [4.69, 9.17) is 0 Å². The maximum atomic E-state index is 13.3. The van der Waals surface area contributed by atoms with Crippen LogP contribution in [0.1, 0.15) is 10.5 Å². The van der Waals surface area contributed by atoms with Gasteiger partial charge in [0.25, 0.3) is 11.7 Å². The summed E-state index contributed by atoms with van der Waals surface area (Å²) >= 11 is 2.15. The number of halogens is 2. The Morgan fingerprint density at radius 1 is 0.889 bits per heavy atom. The van der Waals surface area contributed by atoms with Crippen LogP contribution >= 0.6 is 22.6 Å². The number of nitrogens with zero attached hydrogens (tertiary/aromatic N) is 2. The third kappa shape index (κ3) is 6.44. The minimum atomic E-state index is -0.642. The van der Waals surface area contributed by atoms with E-state index >= 15 is 0 Å². The SMILES string of the molecule is CI.C[S+]1CCN(c2ccc(NC(=O)C(=O)c3c(-c4ccccc4)cc4ccccn34)cc2)CC1.[I-]. The molecular weight excluding hydrogens is 696 g/mol. The summed E-state index contributed by atoms with van der Waals surface area (Å²) in [5, 5.41) is 2.79. The van der Waals surface area contributed by atoms with E-state index in [1.807, 2.05) is 90.0 Å². The van der Waals surface area contributed by atoms with Gasteiger partial charge in [-0.2, -0.15) is 0 Å². The second-order valence-electron chi connectivity index (χ2n) is 8.28. The second kappa shape index (κ2) is 13.5. The van der Waals surface area contributed by atoms with Gasteiger partial charge in [-0.15, -0.1) is 0 Å². The van der Waals surface area contributed by atoms with Crippen molar-refractivity contribution in [3.8, 4) is 11.1 Å². The number of amides is 1. The van der Waals surface area contributed by atoms with E-state index in [0.717, 1.165) is 35.4 Å². The topological polar surface area (TPSA) is 53.8 Å². The fraction of sp³-hybridized carbons (Fsp3) is 0.214. The Bertz CT molecular complexity index is 1300. The average Bonchev–Trinajstić information content (AvgIpc) is 3.30. The van der Waals surface area contributed by atoms with Gasteiger partial charge in [0, 0.05) is 28.7 Å². The highest BCUT2D eigenvalue weighted by molar-refractivity contribution is 14.1. The number of pyridine rings is 1. The lowest BCUT2D eigenvalue weighted by molar-refractivity contribution is -0.112. The van der Waals surface area contributed by atoms with Crippen LogP contribution in [0.3, 0.4) is 0 Å². The minimum Gasteiger partial charge on any atom is -1.00 e. The summed E-state index contributed by atoms with van der Waals surface area (Å²) in [7, 11) is 0.519. The standard InChI is InChI=1S/C27H25N3O2S.CH3I.HI/c1-33-17-15-29(16-18-33)22-12-10-21(11-13-22)28-27(32)26(31)25-24(20-7-3-2-4-8-20)19-23-9-5-6-14-30(23)25;1-2;/h2-14,19H,15-18H2,1H3;1H3;1H. The number of benzene rings is 2. The third-order valence-corrected chi connectivity index (χ3v) is 7.85. The number of rotatable bonds is 5. The van der Waals surface area contributed by atoms with E-state index in [-0.39, 0.29) is 24.0 Å². The van der Waals surface area contributed by atoms with Gasteiger partial charge in [-0.1, -0.05) is 59.0 Å². The summed E-state index contributed by atoms with van der Waals surface area (Å²) < 4.78 is 1.78. The van der Waals surface area contributed by atoms with Gasteiger partial charge in [0.1, 0.15) is 17.2 Å². The molecule has 4 aromatic rings. The summed E-state index contributed by atoms with van der Waals surface area (Å²) in [5.41, 5.74) is 4.66. The van der Waals surface area contributed by atoms with E-state index in [2.05, 4.69) is 39.1 Å². The number of carbonyl (C=O) groups excluding carboxylic acids is 2. The molecule has 0 saturated carbocycles. The molecule has 1 saturated heterocycles. The first-order valence-corrected chi connectivity index (χ1v) is 15.6. The highest BCUT2D eigenvalue weighted by atomic mass is 127. The molecular formula is C28H29I2N3O2S. The number of alkyl halides is 1. The number of carbonyl (C=O) groups is 2. The van der Waals surface area contributed by atoms with Gasteiger partial charge in [-0.25, -0.2) is 0 Å². The van der Waals surface area contributed by atoms with Gasteiger partial charge in [0.05, 0.1) is 19.3 Å². The van der Waals surface area contributed by atoms with Crippen molar-refractivity contribution in [2.24, 2.45) is 0 Å². The van der Waals surface area contributed by atoms with Crippen LogP contribution in [0.25, 0.3) is 16.6 Å². The lowest BCUT2D eigenvalue weighted by Gasteiger charge is -2.27. The zero-order valence-electron chi connectivity index (χ0n) is 20.3. The normalized spacial score (nSPS) is 13.4. The molecule has 1 aliphatic rings. The number of hydrogen-bond acceptors (Lipinski definition) is 3. The Balaban J connectivity index is 0.00000117. The molecule has 1 N–H and O–H groups in total. The maximum Gasteiger partial charge on any atom is 0.298 e. The summed E-state index contributed by atoms with van der Waals surface area (Å²) in [6, 6.07) is 25.1. The molecule has 8 heteroatoms. The van der Waals surface area contributed by atoms with Gasteiger partial charge >= 0.3 is 0 Å². The summed E-state index contributed by atoms with van der Waals surface area (Å²) in [4.78, 5) is 30.6. The smallest absolute Gasteiger partial charge is 0.298 e. The first-order valence-electron chi connectivity index (χ1n) is 11.4. The molecule has 1 aliphatic heterocycles. The lowest BCUT2D eigenvalue weighted by atomic mass is 10.0. The highest BCUT2D eigenvalue weighted by Crippen LogP contribution is 2.28. The van der Waals surface area contributed by atoms with Crippen LogP contribution in [0.2, 0.25) is 0 Å². The van der Waals surface area contributed by atoms with Gasteiger partial charge in [-0.05, 0) is 63.9 Å². The van der Waals surface area contributed by atoms with Crippen molar-refractivity contribution in [1.29, 1.82) is 0 Å². The molecule has 3 heterocycles. The maximum absolute atomic E-state index is 13.3. The first-order chi connectivity index (χ1) is 17.1. The fourth-order valence-corrected chi connectivity index (χ4v) is 5.52. The first kappa shape index (κ1) is 28.5. The molecule has 5 rings (SSSR count). The zero-order chi connectivity index (χ0) is 24.8. The highest BCUT2D eigenvalue weighted by Gasteiger charge is 2.25. The van der Waals surface area contributed by atoms with Crippen LogP contribution in [0, 0.1) is 0 Å². The van der Waals surface area contributed by atoms with Crippen molar-refractivity contribution >= 4 is 62.1 Å². The monoisotopic (exact) mass is 725 g/mol. The molecule has 5 nitrogen and oxygen atoms in total. The van der Waals surface area contributed by atoms with Crippen molar-refractivity contribution in [1.82, 2.24) is 4.40 Å². The van der Waals surface area contributed by atoms with Crippen LogP contribution in [0.5, 0.6) is 0 Å². The van der Waals surface area contributed by atoms with Gasteiger partial charge in [-0.3, -0.25) is 9.59 Å². The quantitative estimate of drug-likeness (QED) is 0.113. The van der Waals surface area contributed by atoms with E-state index in [9.17, 15) is 9.59 Å². The number of aromatic nitrogens is 1. The molecule has 0 unspecified atom stereocenters. The van der Waals surface area contributed by atoms with Crippen LogP contribution in [0.15, 0.2) is 85.1 Å². The lowest BCUT2D eigenvalue weighted by Crippen LogP contribution is -3.00. The molecule has 1 fully saturated rings. The van der Waals surface area contributed by atoms with Crippen LogP contribution in [-0.4, -0.2) is 51.9 Å². The number of anilines is 2. The van der Waals surface area contributed by atoms with Crippen molar-refractivity contribution in [3.63, 3.8) is 0 Å².